The molecular weight excluding hydrogens is 274 g/mol. The summed E-state index contributed by atoms with van der Waals surface area (Å²) in [4.78, 5) is 7.71. The first-order valence-electron chi connectivity index (χ1n) is 7.45. The van der Waals surface area contributed by atoms with Crippen molar-refractivity contribution in [2.75, 3.05) is 5.32 Å². The van der Waals surface area contributed by atoms with E-state index in [0.717, 1.165) is 22.2 Å². The second-order valence-corrected chi connectivity index (χ2v) is 6.52. The second-order valence-electron chi connectivity index (χ2n) is 6.52. The molecule has 0 atom stereocenters. The maximum Gasteiger partial charge on any atom is 0.201 e. The second kappa shape index (κ2) is 5.37. The molecule has 4 nitrogen and oxygen atoms in total. The summed E-state index contributed by atoms with van der Waals surface area (Å²) in [6.45, 7) is 6.81. The van der Waals surface area contributed by atoms with Gasteiger partial charge in [0.05, 0.1) is 11.0 Å². The van der Waals surface area contributed by atoms with E-state index >= 15 is 0 Å². The van der Waals surface area contributed by atoms with Crippen LogP contribution in [0.15, 0.2) is 42.5 Å². The summed E-state index contributed by atoms with van der Waals surface area (Å²) < 4.78 is 0. The predicted octanol–water partition coefficient (Wildman–Crippen LogP) is 4.18. The minimum atomic E-state index is -0.0839. The van der Waals surface area contributed by atoms with Gasteiger partial charge < -0.3 is 15.4 Å². The highest BCUT2D eigenvalue weighted by atomic mass is 16.3. The van der Waals surface area contributed by atoms with E-state index in [4.69, 9.17) is 0 Å². The molecule has 3 rings (SSSR count). The Hall–Kier alpha value is -2.49. The fourth-order valence-corrected chi connectivity index (χ4v) is 2.55. The molecule has 22 heavy (non-hydrogen) atoms. The third-order valence-corrected chi connectivity index (χ3v) is 3.76. The molecule has 0 aliphatic rings. The maximum atomic E-state index is 10.5. The molecule has 0 bridgehead atoms. The molecule has 0 saturated heterocycles. The van der Waals surface area contributed by atoms with Gasteiger partial charge in [0.25, 0.3) is 0 Å². The number of anilines is 1. The zero-order valence-electron chi connectivity index (χ0n) is 13.1. The number of nitrogens with one attached hydrogen (secondary N) is 2. The highest BCUT2D eigenvalue weighted by Gasteiger charge is 2.19. The number of benzene rings is 2. The van der Waals surface area contributed by atoms with Crippen molar-refractivity contribution in [3.63, 3.8) is 0 Å². The summed E-state index contributed by atoms with van der Waals surface area (Å²) in [5, 5.41) is 13.7. The third-order valence-electron chi connectivity index (χ3n) is 3.76. The van der Waals surface area contributed by atoms with Crippen molar-refractivity contribution in [1.82, 2.24) is 9.97 Å². The molecule has 0 aliphatic heterocycles. The Labute approximate surface area is 130 Å². The first-order valence-corrected chi connectivity index (χ1v) is 7.45. The first kappa shape index (κ1) is 14.4. The van der Waals surface area contributed by atoms with Crippen LogP contribution in [0.3, 0.4) is 0 Å². The van der Waals surface area contributed by atoms with Crippen LogP contribution in [0.25, 0.3) is 11.0 Å². The minimum Gasteiger partial charge on any atom is -0.507 e. The number of imidazole rings is 1. The van der Waals surface area contributed by atoms with Crippen LogP contribution in [-0.4, -0.2) is 15.1 Å². The topological polar surface area (TPSA) is 60.9 Å². The number of hydrogen-bond donors (Lipinski definition) is 3. The van der Waals surface area contributed by atoms with Crippen molar-refractivity contribution in [2.45, 2.75) is 32.7 Å². The smallest absolute Gasteiger partial charge is 0.201 e. The van der Waals surface area contributed by atoms with E-state index in [1.54, 1.807) is 0 Å². The van der Waals surface area contributed by atoms with E-state index in [1.165, 1.54) is 0 Å². The van der Waals surface area contributed by atoms with Gasteiger partial charge >= 0.3 is 0 Å². The monoisotopic (exact) mass is 295 g/mol. The molecule has 3 N–H and O–H groups in total. The first-order chi connectivity index (χ1) is 10.4. The molecule has 0 aliphatic carbocycles. The van der Waals surface area contributed by atoms with E-state index in [0.29, 0.717) is 18.2 Å². The summed E-state index contributed by atoms with van der Waals surface area (Å²) in [6, 6.07) is 13.8. The quantitative estimate of drug-likeness (QED) is 0.679. The molecule has 0 unspecified atom stereocenters. The molecule has 1 aromatic heterocycles. The molecule has 0 spiro atoms. The van der Waals surface area contributed by atoms with Gasteiger partial charge in [-0.2, -0.15) is 0 Å². The fraction of sp³-hybridized carbons (Fsp3) is 0.278. The summed E-state index contributed by atoms with van der Waals surface area (Å²) in [7, 11) is 0. The largest absolute Gasteiger partial charge is 0.507 e. The number of aromatic nitrogens is 2. The number of fused-ring (bicyclic) bond motifs is 1. The Balaban J connectivity index is 1.82. The maximum absolute atomic E-state index is 10.5. The van der Waals surface area contributed by atoms with Crippen molar-refractivity contribution in [3.8, 4) is 5.75 Å². The number of nitrogens with zero attached hydrogens (tertiary/aromatic N) is 1. The number of phenolic OH excluding ortho intramolecular Hbond substituents is 1. The molecular formula is C18H21N3O. The van der Waals surface area contributed by atoms with Gasteiger partial charge in [-0.3, -0.25) is 0 Å². The van der Waals surface area contributed by atoms with Gasteiger partial charge in [0.1, 0.15) is 5.75 Å². The van der Waals surface area contributed by atoms with Crippen molar-refractivity contribution < 1.29 is 5.11 Å². The van der Waals surface area contributed by atoms with Crippen molar-refractivity contribution >= 4 is 17.0 Å². The van der Waals surface area contributed by atoms with Crippen LogP contribution < -0.4 is 5.32 Å². The Bertz CT molecular complexity index is 766. The Morgan fingerprint density at radius 1 is 1.09 bits per heavy atom. The van der Waals surface area contributed by atoms with Crippen LogP contribution in [-0.2, 0) is 12.0 Å². The third kappa shape index (κ3) is 2.77. The average Bonchev–Trinajstić information content (AvgIpc) is 2.87. The molecule has 4 heteroatoms. The van der Waals surface area contributed by atoms with Gasteiger partial charge in [0.2, 0.25) is 5.95 Å². The van der Waals surface area contributed by atoms with Crippen LogP contribution in [0, 0.1) is 0 Å². The molecule has 0 fully saturated rings. The number of H-pyrrole nitrogens is 1. The lowest BCUT2D eigenvalue weighted by Crippen LogP contribution is -2.12. The SMILES string of the molecule is CC(C)(C)c1cccc(CNc2nc3ccccc3[nH]2)c1O. The van der Waals surface area contributed by atoms with Crippen LogP contribution in [0.1, 0.15) is 31.9 Å². The normalized spacial score (nSPS) is 11.8. The molecule has 3 aromatic rings. The van der Waals surface area contributed by atoms with Crippen molar-refractivity contribution in [3.05, 3.63) is 53.6 Å². The zero-order valence-corrected chi connectivity index (χ0v) is 13.1. The number of hydrogen-bond acceptors (Lipinski definition) is 3. The van der Waals surface area contributed by atoms with Gasteiger partial charge in [0, 0.05) is 12.1 Å². The summed E-state index contributed by atoms with van der Waals surface area (Å²) >= 11 is 0. The van der Waals surface area contributed by atoms with Crippen LogP contribution in [0.2, 0.25) is 0 Å². The van der Waals surface area contributed by atoms with Gasteiger partial charge in [-0.25, -0.2) is 4.98 Å². The molecule has 0 amide bonds. The highest BCUT2D eigenvalue weighted by Crippen LogP contribution is 2.33. The molecule has 0 saturated carbocycles. The highest BCUT2D eigenvalue weighted by molar-refractivity contribution is 5.77. The fourth-order valence-electron chi connectivity index (χ4n) is 2.55. The summed E-state index contributed by atoms with van der Waals surface area (Å²) in [5.74, 6) is 1.07. The van der Waals surface area contributed by atoms with Crippen molar-refractivity contribution in [1.29, 1.82) is 0 Å². The Morgan fingerprint density at radius 2 is 1.86 bits per heavy atom. The van der Waals surface area contributed by atoms with Crippen molar-refractivity contribution in [2.24, 2.45) is 0 Å². The minimum absolute atomic E-state index is 0.0839. The van der Waals surface area contributed by atoms with Crippen LogP contribution >= 0.6 is 0 Å². The Morgan fingerprint density at radius 3 is 2.59 bits per heavy atom. The predicted molar refractivity (Wildman–Crippen MR) is 90.2 cm³/mol. The molecule has 114 valence electrons. The van der Waals surface area contributed by atoms with E-state index in [2.05, 4.69) is 36.1 Å². The standard InChI is InChI=1S/C18H21N3O/c1-18(2,3)13-8-6-7-12(16(13)22)11-19-17-20-14-9-4-5-10-15(14)21-17/h4-10,22H,11H2,1-3H3,(H2,19,20,21). The number of para-hydroxylation sites is 3. The number of phenols is 1. The summed E-state index contributed by atoms with van der Waals surface area (Å²) in [6.07, 6.45) is 0. The number of aromatic amines is 1. The van der Waals surface area contributed by atoms with Crippen LogP contribution in [0.4, 0.5) is 5.95 Å². The summed E-state index contributed by atoms with van der Waals surface area (Å²) in [5.41, 5.74) is 3.67. The lowest BCUT2D eigenvalue weighted by atomic mass is 9.85. The molecule has 1 heterocycles. The van der Waals surface area contributed by atoms with Gasteiger partial charge in [-0.1, -0.05) is 51.1 Å². The van der Waals surface area contributed by atoms with E-state index in [-0.39, 0.29) is 5.41 Å². The lowest BCUT2D eigenvalue weighted by molar-refractivity contribution is 0.441. The average molecular weight is 295 g/mol. The van der Waals surface area contributed by atoms with E-state index in [9.17, 15) is 5.11 Å². The van der Waals surface area contributed by atoms with Gasteiger partial charge in [-0.05, 0) is 23.1 Å². The van der Waals surface area contributed by atoms with Gasteiger partial charge in [0.15, 0.2) is 0 Å². The van der Waals surface area contributed by atoms with Gasteiger partial charge in [-0.15, -0.1) is 0 Å². The zero-order chi connectivity index (χ0) is 15.7. The van der Waals surface area contributed by atoms with E-state index in [1.807, 2.05) is 42.5 Å². The van der Waals surface area contributed by atoms with Crippen LogP contribution in [0.5, 0.6) is 5.75 Å². The number of rotatable bonds is 3. The lowest BCUT2D eigenvalue weighted by Gasteiger charge is -2.21. The van der Waals surface area contributed by atoms with E-state index < -0.39 is 0 Å². The Kier molecular flexibility index (Phi) is 3.53. The molecule has 2 aromatic carbocycles. The number of aromatic hydroxyl groups is 1. The molecule has 0 radical (unpaired) electrons.